The fourth-order valence-corrected chi connectivity index (χ4v) is 2.42. The van der Waals surface area contributed by atoms with Crippen molar-refractivity contribution < 1.29 is 13.9 Å². The lowest BCUT2D eigenvalue weighted by Gasteiger charge is -2.10. The van der Waals surface area contributed by atoms with Crippen molar-refractivity contribution in [1.29, 1.82) is 0 Å². The third-order valence-electron chi connectivity index (χ3n) is 3.49. The average molecular weight is 292 g/mol. The zero-order valence-corrected chi connectivity index (χ0v) is 11.7. The van der Waals surface area contributed by atoms with Gasteiger partial charge in [0.05, 0.1) is 6.10 Å². The van der Waals surface area contributed by atoms with Crippen molar-refractivity contribution in [3.05, 3.63) is 32.4 Å². The molecule has 0 aliphatic carbocycles. The highest BCUT2D eigenvalue weighted by Gasteiger charge is 2.17. The van der Waals surface area contributed by atoms with E-state index in [0.29, 0.717) is 24.0 Å². The summed E-state index contributed by atoms with van der Waals surface area (Å²) < 4.78 is 15.9. The Morgan fingerprint density at radius 3 is 3.05 bits per heavy atom. The van der Waals surface area contributed by atoms with Gasteiger partial charge in [-0.1, -0.05) is 6.92 Å². The lowest BCUT2D eigenvalue weighted by atomic mass is 10.1. The first-order valence-corrected chi connectivity index (χ1v) is 6.99. The number of aromatic nitrogens is 2. The molecule has 112 valence electrons. The first kappa shape index (κ1) is 13.8. The largest absolute Gasteiger partial charge is 0.462 e. The van der Waals surface area contributed by atoms with Crippen LogP contribution in [-0.4, -0.2) is 29.3 Å². The van der Waals surface area contributed by atoms with Crippen LogP contribution in [0.25, 0.3) is 11.1 Å². The molecule has 1 N–H and O–H groups in total. The van der Waals surface area contributed by atoms with Gasteiger partial charge in [-0.2, -0.15) is 4.98 Å². The van der Waals surface area contributed by atoms with E-state index in [-0.39, 0.29) is 23.4 Å². The van der Waals surface area contributed by atoms with Crippen molar-refractivity contribution in [1.82, 2.24) is 9.97 Å². The second-order valence-corrected chi connectivity index (χ2v) is 4.94. The van der Waals surface area contributed by atoms with Crippen LogP contribution in [0, 0.1) is 0 Å². The number of fused-ring (bicyclic) bond motifs is 1. The first-order valence-electron chi connectivity index (χ1n) is 6.99. The summed E-state index contributed by atoms with van der Waals surface area (Å²) in [5.74, 6) is 0. The molecule has 21 heavy (non-hydrogen) atoms. The molecule has 1 fully saturated rings. The minimum Gasteiger partial charge on any atom is -0.462 e. The van der Waals surface area contributed by atoms with Crippen LogP contribution >= 0.6 is 0 Å². The fourth-order valence-electron chi connectivity index (χ4n) is 2.42. The molecule has 1 aliphatic rings. The van der Waals surface area contributed by atoms with Crippen molar-refractivity contribution in [2.24, 2.45) is 0 Å². The molecule has 0 aromatic carbocycles. The third kappa shape index (κ3) is 2.82. The van der Waals surface area contributed by atoms with E-state index < -0.39 is 5.63 Å². The SMILES string of the molecule is CCc1cc(=O)oc2nc(OCC3CCCO3)[nH]c(=O)c12. The van der Waals surface area contributed by atoms with E-state index in [1.54, 1.807) is 0 Å². The van der Waals surface area contributed by atoms with E-state index >= 15 is 0 Å². The van der Waals surface area contributed by atoms with Crippen molar-refractivity contribution in [2.45, 2.75) is 32.3 Å². The van der Waals surface area contributed by atoms with Gasteiger partial charge in [-0.3, -0.25) is 9.78 Å². The van der Waals surface area contributed by atoms with E-state index in [2.05, 4.69) is 9.97 Å². The normalized spacial score (nSPS) is 18.2. The summed E-state index contributed by atoms with van der Waals surface area (Å²) in [6.45, 7) is 2.89. The molecule has 2 aromatic rings. The van der Waals surface area contributed by atoms with Gasteiger partial charge in [0, 0.05) is 12.7 Å². The number of hydrogen-bond donors (Lipinski definition) is 1. The highest BCUT2D eigenvalue weighted by molar-refractivity contribution is 5.75. The van der Waals surface area contributed by atoms with Crippen LogP contribution in [0.1, 0.15) is 25.3 Å². The molecule has 7 heteroatoms. The smallest absolute Gasteiger partial charge is 0.337 e. The lowest BCUT2D eigenvalue weighted by molar-refractivity contribution is 0.0645. The van der Waals surface area contributed by atoms with Gasteiger partial charge in [0.25, 0.3) is 11.6 Å². The topological polar surface area (TPSA) is 94.4 Å². The summed E-state index contributed by atoms with van der Waals surface area (Å²) in [6.07, 6.45) is 2.49. The van der Waals surface area contributed by atoms with E-state index in [9.17, 15) is 9.59 Å². The minimum absolute atomic E-state index is 0.00504. The molecule has 3 rings (SSSR count). The molecule has 1 saturated heterocycles. The molecular weight excluding hydrogens is 276 g/mol. The van der Waals surface area contributed by atoms with E-state index in [4.69, 9.17) is 13.9 Å². The number of aromatic amines is 1. The zero-order chi connectivity index (χ0) is 14.8. The molecular formula is C14H16N2O5. The van der Waals surface area contributed by atoms with Crippen LogP contribution in [0.3, 0.4) is 0 Å². The number of nitrogens with one attached hydrogen (secondary N) is 1. The Morgan fingerprint density at radius 1 is 1.48 bits per heavy atom. The van der Waals surface area contributed by atoms with E-state index in [0.717, 1.165) is 19.4 Å². The van der Waals surface area contributed by atoms with Crippen LogP contribution in [-0.2, 0) is 11.2 Å². The van der Waals surface area contributed by atoms with Gasteiger partial charge in [-0.15, -0.1) is 0 Å². The van der Waals surface area contributed by atoms with Crippen molar-refractivity contribution in [3.63, 3.8) is 0 Å². The number of aryl methyl sites for hydroxylation is 1. The van der Waals surface area contributed by atoms with Crippen LogP contribution in [0.4, 0.5) is 0 Å². The van der Waals surface area contributed by atoms with Gasteiger partial charge in [-0.25, -0.2) is 4.79 Å². The summed E-state index contributed by atoms with van der Waals surface area (Å²) in [7, 11) is 0. The molecule has 0 amide bonds. The second kappa shape index (κ2) is 5.69. The maximum Gasteiger partial charge on any atom is 0.337 e. The van der Waals surface area contributed by atoms with Gasteiger partial charge >= 0.3 is 5.63 Å². The van der Waals surface area contributed by atoms with Crippen molar-refractivity contribution in [2.75, 3.05) is 13.2 Å². The Hall–Kier alpha value is -2.15. The number of nitrogens with zero attached hydrogens (tertiary/aromatic N) is 1. The maximum absolute atomic E-state index is 12.1. The molecule has 0 spiro atoms. The van der Waals surface area contributed by atoms with Crippen molar-refractivity contribution in [3.8, 4) is 6.01 Å². The highest BCUT2D eigenvalue weighted by Crippen LogP contribution is 2.15. The number of H-pyrrole nitrogens is 1. The van der Waals surface area contributed by atoms with Crippen LogP contribution in [0.2, 0.25) is 0 Å². The summed E-state index contributed by atoms with van der Waals surface area (Å²) in [6, 6.07) is 1.35. The molecule has 0 radical (unpaired) electrons. The molecule has 1 atom stereocenters. The van der Waals surface area contributed by atoms with E-state index in [1.807, 2.05) is 6.92 Å². The predicted octanol–water partition coefficient (Wildman–Crippen LogP) is 0.996. The standard InChI is InChI=1S/C14H16N2O5/c1-2-8-6-10(17)21-13-11(8)12(18)15-14(16-13)20-7-9-4-3-5-19-9/h6,9H,2-5,7H2,1H3,(H,15,16,18). The Labute approximate surface area is 119 Å². The second-order valence-electron chi connectivity index (χ2n) is 4.94. The zero-order valence-electron chi connectivity index (χ0n) is 11.7. The number of hydrogen-bond acceptors (Lipinski definition) is 6. The van der Waals surface area contributed by atoms with E-state index in [1.165, 1.54) is 6.07 Å². The van der Waals surface area contributed by atoms with Crippen LogP contribution in [0.5, 0.6) is 6.01 Å². The molecule has 2 aromatic heterocycles. The summed E-state index contributed by atoms with van der Waals surface area (Å²) >= 11 is 0. The van der Waals surface area contributed by atoms with Gasteiger partial charge in [-0.05, 0) is 24.8 Å². The number of rotatable bonds is 4. The Kier molecular flexibility index (Phi) is 3.74. The summed E-state index contributed by atoms with van der Waals surface area (Å²) in [5.41, 5.74) is -0.281. The van der Waals surface area contributed by atoms with Crippen molar-refractivity contribution >= 4 is 11.1 Å². The molecule has 1 aliphatic heterocycles. The monoisotopic (exact) mass is 292 g/mol. The quantitative estimate of drug-likeness (QED) is 0.903. The van der Waals surface area contributed by atoms with Gasteiger partial charge in [0.1, 0.15) is 12.0 Å². The van der Waals surface area contributed by atoms with Gasteiger partial charge in [0.15, 0.2) is 0 Å². The summed E-state index contributed by atoms with van der Waals surface area (Å²) in [4.78, 5) is 30.2. The summed E-state index contributed by atoms with van der Waals surface area (Å²) in [5, 5.41) is 0.293. The molecule has 7 nitrogen and oxygen atoms in total. The predicted molar refractivity (Wildman–Crippen MR) is 74.7 cm³/mol. The first-order chi connectivity index (χ1) is 10.2. The third-order valence-corrected chi connectivity index (χ3v) is 3.49. The Bertz CT molecular complexity index is 758. The average Bonchev–Trinajstić information content (AvgIpc) is 2.97. The fraction of sp³-hybridized carbons (Fsp3) is 0.500. The lowest BCUT2D eigenvalue weighted by Crippen LogP contribution is -2.20. The highest BCUT2D eigenvalue weighted by atomic mass is 16.5. The van der Waals surface area contributed by atoms with Gasteiger partial charge in [0.2, 0.25) is 5.71 Å². The molecule has 1 unspecified atom stereocenters. The molecule has 3 heterocycles. The molecule has 0 bridgehead atoms. The maximum atomic E-state index is 12.1. The molecule has 0 saturated carbocycles. The minimum atomic E-state index is -0.525. The van der Waals surface area contributed by atoms with Crippen LogP contribution < -0.4 is 15.9 Å². The van der Waals surface area contributed by atoms with Crippen LogP contribution in [0.15, 0.2) is 20.1 Å². The number of ether oxygens (including phenoxy) is 2. The van der Waals surface area contributed by atoms with Gasteiger partial charge < -0.3 is 13.9 Å². The Morgan fingerprint density at radius 2 is 2.33 bits per heavy atom. The Balaban J connectivity index is 1.94.